The fraction of sp³-hybridized carbons (Fsp3) is 0.273. The monoisotopic (exact) mass is 188 g/mol. The molecule has 0 atom stereocenters. The molecule has 3 heteroatoms. The van der Waals surface area contributed by atoms with Crippen molar-refractivity contribution in [2.75, 3.05) is 0 Å². The molecule has 2 aromatic rings. The minimum Gasteiger partial charge on any atom is -0.472 e. The maximum Gasteiger partial charge on any atom is 0.0938 e. The summed E-state index contributed by atoms with van der Waals surface area (Å²) >= 11 is 0. The quantitative estimate of drug-likeness (QED) is 0.725. The molecule has 0 aliphatic carbocycles. The van der Waals surface area contributed by atoms with E-state index in [-0.39, 0.29) is 0 Å². The fourth-order valence-corrected chi connectivity index (χ4v) is 1.34. The van der Waals surface area contributed by atoms with Crippen molar-refractivity contribution in [3.63, 3.8) is 0 Å². The Labute approximate surface area is 82.8 Å². The van der Waals surface area contributed by atoms with Gasteiger partial charge in [-0.3, -0.25) is 9.97 Å². The van der Waals surface area contributed by atoms with Gasteiger partial charge in [-0.1, -0.05) is 0 Å². The number of rotatable bonds is 2. The number of aromatic nitrogens is 2. The molecule has 0 bridgehead atoms. The highest BCUT2D eigenvalue weighted by molar-refractivity contribution is 5.20. The highest BCUT2D eigenvalue weighted by Crippen LogP contribution is 2.10. The third-order valence-corrected chi connectivity index (χ3v) is 2.13. The maximum absolute atomic E-state index is 5.01. The van der Waals surface area contributed by atoms with Crippen molar-refractivity contribution < 1.29 is 4.42 Å². The minimum atomic E-state index is 0.789. The second kappa shape index (κ2) is 3.62. The minimum absolute atomic E-state index is 0.789. The second-order valence-corrected chi connectivity index (χ2v) is 3.35. The van der Waals surface area contributed by atoms with Crippen molar-refractivity contribution >= 4 is 0 Å². The molecule has 0 saturated carbocycles. The van der Waals surface area contributed by atoms with E-state index in [9.17, 15) is 0 Å². The summed E-state index contributed by atoms with van der Waals surface area (Å²) in [6, 6.07) is 1.95. The summed E-state index contributed by atoms with van der Waals surface area (Å²) in [5, 5.41) is 0. The molecular formula is C11H12N2O. The Morgan fingerprint density at radius 1 is 1.36 bits per heavy atom. The normalized spacial score (nSPS) is 10.4. The Morgan fingerprint density at radius 3 is 2.93 bits per heavy atom. The highest BCUT2D eigenvalue weighted by Gasteiger charge is 2.04. The molecule has 2 aromatic heterocycles. The zero-order valence-corrected chi connectivity index (χ0v) is 8.32. The Hall–Kier alpha value is -1.64. The smallest absolute Gasteiger partial charge is 0.0938 e. The molecular weight excluding hydrogens is 176 g/mol. The van der Waals surface area contributed by atoms with Gasteiger partial charge in [-0.05, 0) is 25.5 Å². The summed E-state index contributed by atoms with van der Waals surface area (Å²) in [5.41, 5.74) is 4.09. The molecule has 0 aliphatic rings. The molecule has 0 radical (unpaired) electrons. The van der Waals surface area contributed by atoms with Crippen LogP contribution in [-0.4, -0.2) is 9.97 Å². The lowest BCUT2D eigenvalue weighted by molar-refractivity contribution is 0.564. The Bertz CT molecular complexity index is 421. The highest BCUT2D eigenvalue weighted by atomic mass is 16.3. The van der Waals surface area contributed by atoms with E-state index in [1.807, 2.05) is 19.9 Å². The maximum atomic E-state index is 5.01. The van der Waals surface area contributed by atoms with Crippen LogP contribution in [0.4, 0.5) is 0 Å². The number of nitrogens with zero attached hydrogens (tertiary/aromatic N) is 2. The van der Waals surface area contributed by atoms with Crippen LogP contribution in [0.2, 0.25) is 0 Å². The molecule has 2 rings (SSSR count). The summed E-state index contributed by atoms with van der Waals surface area (Å²) in [6.45, 7) is 3.92. The van der Waals surface area contributed by atoms with Crippen LogP contribution in [0.5, 0.6) is 0 Å². The van der Waals surface area contributed by atoms with Crippen molar-refractivity contribution in [3.8, 4) is 0 Å². The lowest BCUT2D eigenvalue weighted by Gasteiger charge is -2.02. The number of hydrogen-bond acceptors (Lipinski definition) is 3. The van der Waals surface area contributed by atoms with Crippen LogP contribution in [0.1, 0.15) is 22.6 Å². The van der Waals surface area contributed by atoms with Gasteiger partial charge in [0.2, 0.25) is 0 Å². The molecule has 0 saturated heterocycles. The van der Waals surface area contributed by atoms with E-state index >= 15 is 0 Å². The third kappa shape index (κ3) is 1.82. The van der Waals surface area contributed by atoms with Gasteiger partial charge in [-0.15, -0.1) is 0 Å². The zero-order valence-electron chi connectivity index (χ0n) is 8.32. The first-order chi connectivity index (χ1) is 6.75. The Morgan fingerprint density at radius 2 is 2.21 bits per heavy atom. The molecule has 0 fully saturated rings. The van der Waals surface area contributed by atoms with E-state index in [1.165, 1.54) is 0 Å². The van der Waals surface area contributed by atoms with Crippen LogP contribution < -0.4 is 0 Å². The third-order valence-electron chi connectivity index (χ3n) is 2.13. The van der Waals surface area contributed by atoms with Gasteiger partial charge in [0.1, 0.15) is 0 Å². The van der Waals surface area contributed by atoms with Gasteiger partial charge in [0.05, 0.1) is 29.6 Å². The van der Waals surface area contributed by atoms with Crippen LogP contribution in [0.3, 0.4) is 0 Å². The molecule has 0 aliphatic heterocycles. The van der Waals surface area contributed by atoms with Crippen LogP contribution in [-0.2, 0) is 6.42 Å². The van der Waals surface area contributed by atoms with Gasteiger partial charge in [0.25, 0.3) is 0 Å². The van der Waals surface area contributed by atoms with Crippen LogP contribution >= 0.6 is 0 Å². The fourth-order valence-electron chi connectivity index (χ4n) is 1.34. The molecule has 0 unspecified atom stereocenters. The first-order valence-corrected chi connectivity index (χ1v) is 4.56. The van der Waals surface area contributed by atoms with E-state index in [1.54, 1.807) is 18.7 Å². The lowest BCUT2D eigenvalue weighted by Crippen LogP contribution is -1.99. The van der Waals surface area contributed by atoms with Crippen molar-refractivity contribution in [3.05, 3.63) is 47.4 Å². The Balaban J connectivity index is 2.28. The van der Waals surface area contributed by atoms with Crippen LogP contribution in [0, 0.1) is 13.8 Å². The van der Waals surface area contributed by atoms with Crippen molar-refractivity contribution in [2.24, 2.45) is 0 Å². The summed E-state index contributed by atoms with van der Waals surface area (Å²) in [7, 11) is 0. The first-order valence-electron chi connectivity index (χ1n) is 4.56. The van der Waals surface area contributed by atoms with E-state index in [0.29, 0.717) is 0 Å². The predicted octanol–water partition coefficient (Wildman–Crippen LogP) is 2.28. The SMILES string of the molecule is Cc1cnc(C)c(Cc2ccoc2)n1. The average Bonchev–Trinajstić information content (AvgIpc) is 2.64. The van der Waals surface area contributed by atoms with Gasteiger partial charge < -0.3 is 4.42 Å². The lowest BCUT2D eigenvalue weighted by atomic mass is 10.1. The van der Waals surface area contributed by atoms with Gasteiger partial charge in [-0.2, -0.15) is 0 Å². The summed E-state index contributed by atoms with van der Waals surface area (Å²) in [4.78, 5) is 8.71. The van der Waals surface area contributed by atoms with Gasteiger partial charge in [0.15, 0.2) is 0 Å². The van der Waals surface area contributed by atoms with E-state index in [2.05, 4.69) is 9.97 Å². The van der Waals surface area contributed by atoms with Gasteiger partial charge >= 0.3 is 0 Å². The standard InChI is InChI=1S/C11H12N2O/c1-8-6-12-9(2)11(13-8)5-10-3-4-14-7-10/h3-4,6-7H,5H2,1-2H3. The van der Waals surface area contributed by atoms with E-state index < -0.39 is 0 Å². The number of hydrogen-bond donors (Lipinski definition) is 0. The average molecular weight is 188 g/mol. The molecule has 0 spiro atoms. The van der Waals surface area contributed by atoms with Crippen molar-refractivity contribution in [1.29, 1.82) is 0 Å². The number of furan rings is 1. The molecule has 2 heterocycles. The zero-order chi connectivity index (χ0) is 9.97. The summed E-state index contributed by atoms with van der Waals surface area (Å²) < 4.78 is 5.01. The van der Waals surface area contributed by atoms with Crippen LogP contribution in [0.25, 0.3) is 0 Å². The molecule has 3 nitrogen and oxygen atoms in total. The second-order valence-electron chi connectivity index (χ2n) is 3.35. The molecule has 72 valence electrons. The molecule has 0 N–H and O–H groups in total. The van der Waals surface area contributed by atoms with Crippen LogP contribution in [0.15, 0.2) is 29.2 Å². The van der Waals surface area contributed by atoms with Gasteiger partial charge in [0, 0.05) is 12.6 Å². The molecule has 0 aromatic carbocycles. The summed E-state index contributed by atoms with van der Waals surface area (Å²) in [5.74, 6) is 0. The predicted molar refractivity (Wildman–Crippen MR) is 53.0 cm³/mol. The number of aryl methyl sites for hydroxylation is 2. The topological polar surface area (TPSA) is 38.9 Å². The molecule has 14 heavy (non-hydrogen) atoms. The largest absolute Gasteiger partial charge is 0.472 e. The van der Waals surface area contributed by atoms with E-state index in [4.69, 9.17) is 4.42 Å². The van der Waals surface area contributed by atoms with Gasteiger partial charge in [-0.25, -0.2) is 0 Å². The van der Waals surface area contributed by atoms with Crippen molar-refractivity contribution in [1.82, 2.24) is 9.97 Å². The molecule has 0 amide bonds. The summed E-state index contributed by atoms with van der Waals surface area (Å²) in [6.07, 6.45) is 5.99. The Kier molecular flexibility index (Phi) is 2.31. The van der Waals surface area contributed by atoms with Crippen molar-refractivity contribution in [2.45, 2.75) is 20.3 Å². The van der Waals surface area contributed by atoms with E-state index in [0.717, 1.165) is 29.1 Å². The first kappa shape index (κ1) is 8.94.